The van der Waals surface area contributed by atoms with Gasteiger partial charge in [0.05, 0.1) is 0 Å². The first-order valence-electron chi connectivity index (χ1n) is 8.95. The molecule has 2 aliphatic heterocycles. The number of hydrogen-bond acceptors (Lipinski definition) is 2. The van der Waals surface area contributed by atoms with E-state index in [0.29, 0.717) is 0 Å². The lowest BCUT2D eigenvalue weighted by Crippen LogP contribution is -2.40. The van der Waals surface area contributed by atoms with E-state index < -0.39 is 0 Å². The smallest absolute Gasteiger partial charge is 0.0233 e. The summed E-state index contributed by atoms with van der Waals surface area (Å²) in [5.74, 6) is 0.934. The first-order valence-corrected chi connectivity index (χ1v) is 8.95. The molecule has 0 bridgehead atoms. The minimum absolute atomic E-state index is 0.826. The predicted octanol–water partition coefficient (Wildman–Crippen LogP) is 3.14. The van der Waals surface area contributed by atoms with Crippen LogP contribution in [0.25, 0.3) is 0 Å². The Morgan fingerprint density at radius 3 is 2.67 bits per heavy atom. The summed E-state index contributed by atoms with van der Waals surface area (Å²) in [6.45, 7) is 5.00. The summed E-state index contributed by atoms with van der Waals surface area (Å²) in [6, 6.07) is 8.06. The van der Waals surface area contributed by atoms with Crippen molar-refractivity contribution in [1.82, 2.24) is 10.2 Å². The maximum atomic E-state index is 3.70. The van der Waals surface area contributed by atoms with Gasteiger partial charge >= 0.3 is 0 Å². The Balaban J connectivity index is 1.32. The molecule has 1 atom stereocenters. The van der Waals surface area contributed by atoms with Gasteiger partial charge in [0, 0.05) is 12.6 Å². The third kappa shape index (κ3) is 3.02. The molecule has 3 aliphatic rings. The largest absolute Gasteiger partial charge is 0.314 e. The minimum atomic E-state index is 0.826. The fourth-order valence-electron chi connectivity index (χ4n) is 4.61. The van der Waals surface area contributed by atoms with Crippen molar-refractivity contribution in [3.05, 3.63) is 34.9 Å². The topological polar surface area (TPSA) is 15.3 Å². The Hall–Kier alpha value is -0.860. The van der Waals surface area contributed by atoms with Crippen LogP contribution in [0.1, 0.15) is 48.8 Å². The zero-order chi connectivity index (χ0) is 14.1. The van der Waals surface area contributed by atoms with Gasteiger partial charge in [-0.2, -0.15) is 0 Å². The molecule has 1 aromatic carbocycles. The van der Waals surface area contributed by atoms with Crippen molar-refractivity contribution in [1.29, 1.82) is 0 Å². The number of fused-ring (bicyclic) bond motifs is 1. The van der Waals surface area contributed by atoms with Crippen LogP contribution in [-0.4, -0.2) is 30.6 Å². The lowest BCUT2D eigenvalue weighted by Gasteiger charge is -2.35. The van der Waals surface area contributed by atoms with Crippen molar-refractivity contribution >= 4 is 0 Å². The molecular formula is C19H28N2. The lowest BCUT2D eigenvalue weighted by atomic mass is 9.88. The number of hydrogen-bond donors (Lipinski definition) is 1. The number of rotatable bonds is 3. The summed E-state index contributed by atoms with van der Waals surface area (Å²) in [7, 11) is 0. The first kappa shape index (κ1) is 13.8. The molecule has 2 nitrogen and oxygen atoms in total. The normalized spacial score (nSPS) is 27.1. The van der Waals surface area contributed by atoms with Crippen LogP contribution in [0.4, 0.5) is 0 Å². The molecule has 0 amide bonds. The van der Waals surface area contributed by atoms with Crippen molar-refractivity contribution in [2.75, 3.05) is 19.6 Å². The predicted molar refractivity (Wildman–Crippen MR) is 87.5 cm³/mol. The Morgan fingerprint density at radius 2 is 1.86 bits per heavy atom. The fourth-order valence-corrected chi connectivity index (χ4v) is 4.61. The number of benzene rings is 1. The van der Waals surface area contributed by atoms with Crippen molar-refractivity contribution in [3.8, 4) is 0 Å². The quantitative estimate of drug-likeness (QED) is 0.917. The van der Waals surface area contributed by atoms with Crippen LogP contribution in [0.2, 0.25) is 0 Å². The summed E-state index contributed by atoms with van der Waals surface area (Å²) in [4.78, 5) is 2.67. The Morgan fingerprint density at radius 1 is 1.00 bits per heavy atom. The van der Waals surface area contributed by atoms with Gasteiger partial charge in [0.15, 0.2) is 0 Å². The van der Waals surface area contributed by atoms with E-state index in [9.17, 15) is 0 Å². The molecule has 2 heterocycles. The number of nitrogens with one attached hydrogen (secondary N) is 1. The molecule has 114 valence electrons. The van der Waals surface area contributed by atoms with E-state index in [2.05, 4.69) is 28.4 Å². The fraction of sp³-hybridized carbons (Fsp3) is 0.684. The molecule has 21 heavy (non-hydrogen) atoms. The number of nitrogens with zero attached hydrogens (tertiary/aromatic N) is 1. The standard InChI is InChI=1S/C19H28N2/c1-3-16-7-6-15(13-18(16)4-1)14-21-11-8-17(9-12-21)19-5-2-10-20-19/h6-7,13,17,19-20H,1-5,8-12,14H2. The van der Waals surface area contributed by atoms with Gasteiger partial charge in [-0.3, -0.25) is 4.90 Å². The van der Waals surface area contributed by atoms with E-state index >= 15 is 0 Å². The summed E-state index contributed by atoms with van der Waals surface area (Å²) < 4.78 is 0. The molecule has 0 aromatic heterocycles. The summed E-state index contributed by atoms with van der Waals surface area (Å²) in [5, 5.41) is 3.70. The third-order valence-corrected chi connectivity index (χ3v) is 5.87. The highest BCUT2D eigenvalue weighted by Crippen LogP contribution is 2.27. The van der Waals surface area contributed by atoms with Gasteiger partial charge in [0.1, 0.15) is 0 Å². The van der Waals surface area contributed by atoms with Gasteiger partial charge in [0.2, 0.25) is 0 Å². The monoisotopic (exact) mass is 284 g/mol. The Bertz CT molecular complexity index is 482. The number of likely N-dealkylation sites (tertiary alicyclic amines) is 1. The van der Waals surface area contributed by atoms with Crippen molar-refractivity contribution in [2.45, 2.75) is 57.5 Å². The van der Waals surface area contributed by atoms with Crippen LogP contribution < -0.4 is 5.32 Å². The molecule has 4 rings (SSSR count). The van der Waals surface area contributed by atoms with Crippen LogP contribution in [0.5, 0.6) is 0 Å². The molecule has 2 saturated heterocycles. The molecule has 2 fully saturated rings. The molecule has 0 spiro atoms. The highest BCUT2D eigenvalue weighted by molar-refractivity contribution is 5.35. The van der Waals surface area contributed by atoms with Gasteiger partial charge in [-0.25, -0.2) is 0 Å². The van der Waals surface area contributed by atoms with Gasteiger partial charge in [-0.15, -0.1) is 0 Å². The van der Waals surface area contributed by atoms with Crippen LogP contribution in [0.3, 0.4) is 0 Å². The van der Waals surface area contributed by atoms with Crippen LogP contribution in [-0.2, 0) is 19.4 Å². The Kier molecular flexibility index (Phi) is 4.00. The molecular weight excluding hydrogens is 256 g/mol. The van der Waals surface area contributed by atoms with E-state index in [1.807, 2.05) is 0 Å². The van der Waals surface area contributed by atoms with Gasteiger partial charge in [-0.05, 0) is 87.2 Å². The van der Waals surface area contributed by atoms with Gasteiger partial charge in [0.25, 0.3) is 0 Å². The van der Waals surface area contributed by atoms with E-state index in [0.717, 1.165) is 18.5 Å². The zero-order valence-corrected chi connectivity index (χ0v) is 13.1. The van der Waals surface area contributed by atoms with Crippen LogP contribution >= 0.6 is 0 Å². The number of piperidine rings is 1. The van der Waals surface area contributed by atoms with Gasteiger partial charge < -0.3 is 5.32 Å². The maximum absolute atomic E-state index is 3.70. The van der Waals surface area contributed by atoms with Crippen molar-refractivity contribution < 1.29 is 0 Å². The lowest BCUT2D eigenvalue weighted by molar-refractivity contribution is 0.157. The average Bonchev–Trinajstić information content (AvgIpc) is 3.19. The zero-order valence-electron chi connectivity index (χ0n) is 13.1. The molecule has 0 saturated carbocycles. The summed E-state index contributed by atoms with van der Waals surface area (Å²) in [6.07, 6.45) is 9.55. The van der Waals surface area contributed by atoms with Crippen LogP contribution in [0, 0.1) is 5.92 Å². The summed E-state index contributed by atoms with van der Waals surface area (Å²) >= 11 is 0. The van der Waals surface area contributed by atoms with E-state index in [4.69, 9.17) is 0 Å². The summed E-state index contributed by atoms with van der Waals surface area (Å²) in [5.41, 5.74) is 4.76. The SMILES string of the molecule is c1cc2c(cc1CN1CCC(C3CCCN3)CC1)CCC2. The van der Waals surface area contributed by atoms with Crippen molar-refractivity contribution in [2.24, 2.45) is 5.92 Å². The molecule has 1 aromatic rings. The van der Waals surface area contributed by atoms with E-state index in [1.54, 1.807) is 11.1 Å². The Labute approximate surface area is 128 Å². The minimum Gasteiger partial charge on any atom is -0.314 e. The second-order valence-corrected chi connectivity index (χ2v) is 7.27. The molecule has 1 unspecified atom stereocenters. The van der Waals surface area contributed by atoms with E-state index in [1.165, 1.54) is 70.1 Å². The molecule has 1 aliphatic carbocycles. The third-order valence-electron chi connectivity index (χ3n) is 5.87. The average molecular weight is 284 g/mol. The number of aryl methyl sites for hydroxylation is 2. The molecule has 2 heteroatoms. The second kappa shape index (κ2) is 6.10. The second-order valence-electron chi connectivity index (χ2n) is 7.27. The molecule has 1 N–H and O–H groups in total. The highest BCUT2D eigenvalue weighted by atomic mass is 15.1. The van der Waals surface area contributed by atoms with E-state index in [-0.39, 0.29) is 0 Å². The first-order chi connectivity index (χ1) is 10.4. The van der Waals surface area contributed by atoms with Crippen molar-refractivity contribution in [3.63, 3.8) is 0 Å². The molecule has 0 radical (unpaired) electrons. The van der Waals surface area contributed by atoms with Crippen LogP contribution in [0.15, 0.2) is 18.2 Å². The maximum Gasteiger partial charge on any atom is 0.0233 e. The highest BCUT2D eigenvalue weighted by Gasteiger charge is 2.28. The van der Waals surface area contributed by atoms with Gasteiger partial charge in [-0.1, -0.05) is 18.2 Å².